The minimum absolute atomic E-state index is 0.0232. The third-order valence-corrected chi connectivity index (χ3v) is 6.44. The molecule has 2 aliphatic rings. The van der Waals surface area contributed by atoms with Gasteiger partial charge >= 0.3 is 0 Å². The van der Waals surface area contributed by atoms with Gasteiger partial charge in [0.25, 0.3) is 11.9 Å². The number of amides is 1. The van der Waals surface area contributed by atoms with E-state index < -0.39 is 12.1 Å². The standard InChI is InChI=1S/C28H26N8O2.C2H6/c29-17-18-12-15-36(16-13-18)26-21(10-6-14-32-26)24(30)38-28(31)35-25-27(37)33-22-11-5-4-9-20(22)23(34-25)19-7-2-1-3-8-19;1-2/h1-11,14,18,25,30H,12-13,15-16H2,(H2,31,35)(H,33,37);1-2H3. The van der Waals surface area contributed by atoms with Crippen molar-refractivity contribution in [3.63, 3.8) is 0 Å². The van der Waals surface area contributed by atoms with Gasteiger partial charge in [-0.3, -0.25) is 10.2 Å². The molecule has 1 fully saturated rings. The second-order valence-electron chi connectivity index (χ2n) is 8.92. The van der Waals surface area contributed by atoms with E-state index in [9.17, 15) is 10.1 Å². The number of aromatic nitrogens is 1. The number of piperidine rings is 1. The number of pyridine rings is 1. The van der Waals surface area contributed by atoms with E-state index in [0.29, 0.717) is 35.9 Å². The molecule has 0 saturated carbocycles. The van der Waals surface area contributed by atoms with Gasteiger partial charge in [0, 0.05) is 36.3 Å². The highest BCUT2D eigenvalue weighted by Crippen LogP contribution is 2.26. The summed E-state index contributed by atoms with van der Waals surface area (Å²) in [6.45, 7) is 5.30. The van der Waals surface area contributed by atoms with Crippen molar-refractivity contribution in [3.05, 3.63) is 89.6 Å². The first-order valence-electron chi connectivity index (χ1n) is 13.3. The first-order chi connectivity index (χ1) is 19.5. The second kappa shape index (κ2) is 13.2. The average Bonchev–Trinajstić information content (AvgIpc) is 3.14. The maximum atomic E-state index is 13.0. The number of aliphatic imine (C=N–C) groups is 2. The van der Waals surface area contributed by atoms with Crippen LogP contribution in [0.1, 0.15) is 43.4 Å². The van der Waals surface area contributed by atoms with Crippen molar-refractivity contribution in [2.75, 3.05) is 23.3 Å². The number of para-hydroxylation sites is 1. The van der Waals surface area contributed by atoms with Gasteiger partial charge in [-0.05, 0) is 31.0 Å². The van der Waals surface area contributed by atoms with E-state index in [4.69, 9.17) is 15.9 Å². The lowest BCUT2D eigenvalue weighted by Gasteiger charge is -2.31. The molecular formula is C30H32N8O2. The van der Waals surface area contributed by atoms with Gasteiger partial charge in [0.05, 0.1) is 23.0 Å². The second-order valence-corrected chi connectivity index (χ2v) is 8.92. The van der Waals surface area contributed by atoms with Crippen LogP contribution < -0.4 is 16.0 Å². The van der Waals surface area contributed by atoms with Crippen LogP contribution in [0.2, 0.25) is 0 Å². The molecule has 0 spiro atoms. The number of ether oxygens (including phenoxy) is 1. The van der Waals surface area contributed by atoms with E-state index in [0.717, 1.165) is 24.0 Å². The predicted molar refractivity (Wildman–Crippen MR) is 157 cm³/mol. The molecule has 2 aromatic carbocycles. The number of amidine groups is 1. The number of hydrogen-bond acceptors (Lipinski definition) is 8. The summed E-state index contributed by atoms with van der Waals surface area (Å²) >= 11 is 0. The van der Waals surface area contributed by atoms with Gasteiger partial charge < -0.3 is 20.7 Å². The molecule has 1 atom stereocenters. The molecule has 0 bridgehead atoms. The lowest BCUT2D eigenvalue weighted by molar-refractivity contribution is -0.117. The molecule has 1 aromatic heterocycles. The quantitative estimate of drug-likeness (QED) is 0.333. The third-order valence-electron chi connectivity index (χ3n) is 6.44. The predicted octanol–water partition coefficient (Wildman–Crippen LogP) is 4.32. The van der Waals surface area contributed by atoms with Crippen LogP contribution >= 0.6 is 0 Å². The van der Waals surface area contributed by atoms with Crippen molar-refractivity contribution in [1.29, 1.82) is 10.7 Å². The summed E-state index contributed by atoms with van der Waals surface area (Å²) in [6, 6.07) is 22.3. The lowest BCUT2D eigenvalue weighted by atomic mass is 9.98. The largest absolute Gasteiger partial charge is 0.407 e. The van der Waals surface area contributed by atoms with E-state index in [1.807, 2.05) is 67.3 Å². The molecule has 1 amide bonds. The van der Waals surface area contributed by atoms with Gasteiger partial charge in [-0.25, -0.2) is 9.98 Å². The highest BCUT2D eigenvalue weighted by atomic mass is 16.5. The van der Waals surface area contributed by atoms with Crippen LogP contribution in [0.4, 0.5) is 11.5 Å². The van der Waals surface area contributed by atoms with Crippen LogP contribution in [0.3, 0.4) is 0 Å². The fraction of sp³-hybridized carbons (Fsp3) is 0.267. The SMILES string of the molecule is CC.N#CC1CCN(c2ncccc2C(=N)O/C(N)=N/C2N=C(c3ccccc3)c3ccccc3NC2=O)CC1. The number of nitrogens with one attached hydrogen (secondary N) is 2. The zero-order valence-electron chi connectivity index (χ0n) is 22.5. The van der Waals surface area contributed by atoms with Crippen LogP contribution in [-0.2, 0) is 9.53 Å². The molecule has 4 N–H and O–H groups in total. The molecule has 1 saturated heterocycles. The van der Waals surface area contributed by atoms with Crippen molar-refractivity contribution in [2.45, 2.75) is 32.9 Å². The summed E-state index contributed by atoms with van der Waals surface area (Å²) in [5.74, 6) is -0.117. The molecule has 1 unspecified atom stereocenters. The Kier molecular flexibility index (Phi) is 9.20. The normalized spacial score (nSPS) is 17.2. The number of carbonyl (C=O) groups excluding carboxylic acids is 1. The Bertz CT molecular complexity index is 1450. The van der Waals surface area contributed by atoms with Crippen molar-refractivity contribution >= 4 is 35.0 Å². The fourth-order valence-electron chi connectivity index (χ4n) is 4.51. The highest BCUT2D eigenvalue weighted by Gasteiger charge is 2.27. The molecule has 3 aromatic rings. The molecule has 3 heterocycles. The van der Waals surface area contributed by atoms with Gasteiger partial charge in [-0.2, -0.15) is 10.3 Å². The van der Waals surface area contributed by atoms with Gasteiger partial charge in [0.1, 0.15) is 5.82 Å². The molecule has 0 aliphatic carbocycles. The smallest absolute Gasteiger partial charge is 0.291 e. The van der Waals surface area contributed by atoms with Crippen LogP contribution in [0.5, 0.6) is 0 Å². The van der Waals surface area contributed by atoms with E-state index >= 15 is 0 Å². The molecule has 5 rings (SSSR count). The van der Waals surface area contributed by atoms with Gasteiger partial charge in [0.15, 0.2) is 0 Å². The summed E-state index contributed by atoms with van der Waals surface area (Å²) in [5, 5.41) is 20.6. The summed E-state index contributed by atoms with van der Waals surface area (Å²) < 4.78 is 5.56. The molecular weight excluding hydrogens is 504 g/mol. The topological polar surface area (TPSA) is 153 Å². The zero-order chi connectivity index (χ0) is 28.5. The minimum Gasteiger partial charge on any atom is -0.407 e. The van der Waals surface area contributed by atoms with E-state index in [1.54, 1.807) is 24.4 Å². The molecule has 204 valence electrons. The number of rotatable bonds is 4. The van der Waals surface area contributed by atoms with Crippen LogP contribution in [0, 0.1) is 22.7 Å². The first-order valence-corrected chi connectivity index (χ1v) is 13.3. The number of carbonyl (C=O) groups is 1. The first kappa shape index (κ1) is 28.0. The molecule has 10 nitrogen and oxygen atoms in total. The monoisotopic (exact) mass is 536 g/mol. The number of anilines is 2. The summed E-state index contributed by atoms with van der Waals surface area (Å²) in [7, 11) is 0. The molecule has 2 aliphatic heterocycles. The number of benzene rings is 2. The number of nitrogens with zero attached hydrogens (tertiary/aromatic N) is 5. The highest BCUT2D eigenvalue weighted by molar-refractivity contribution is 6.19. The Balaban J connectivity index is 0.00000181. The van der Waals surface area contributed by atoms with Crippen molar-refractivity contribution in [1.82, 2.24) is 4.98 Å². The zero-order valence-corrected chi connectivity index (χ0v) is 22.5. The Morgan fingerprint density at radius 2 is 1.80 bits per heavy atom. The average molecular weight is 537 g/mol. The maximum absolute atomic E-state index is 13.0. The van der Waals surface area contributed by atoms with Crippen LogP contribution in [-0.4, -0.2) is 47.8 Å². The number of nitrogens with two attached hydrogens (primary N) is 1. The van der Waals surface area contributed by atoms with E-state index in [-0.39, 0.29) is 17.8 Å². The molecule has 40 heavy (non-hydrogen) atoms. The van der Waals surface area contributed by atoms with Crippen LogP contribution in [0.15, 0.2) is 82.9 Å². The van der Waals surface area contributed by atoms with Gasteiger partial charge in [-0.1, -0.05) is 62.4 Å². The number of nitriles is 1. The van der Waals surface area contributed by atoms with Crippen molar-refractivity contribution < 1.29 is 9.53 Å². The maximum Gasteiger partial charge on any atom is 0.291 e. The Hall–Kier alpha value is -5.04. The van der Waals surface area contributed by atoms with E-state index in [1.165, 1.54) is 0 Å². The number of fused-ring (bicyclic) bond motifs is 1. The third kappa shape index (κ3) is 6.32. The molecule has 10 heteroatoms. The fourth-order valence-corrected chi connectivity index (χ4v) is 4.51. The van der Waals surface area contributed by atoms with E-state index in [2.05, 4.69) is 26.4 Å². The lowest BCUT2D eigenvalue weighted by Crippen LogP contribution is -2.35. The Morgan fingerprint density at radius 3 is 2.52 bits per heavy atom. The van der Waals surface area contributed by atoms with Crippen molar-refractivity contribution in [2.24, 2.45) is 21.6 Å². The van der Waals surface area contributed by atoms with Gasteiger partial charge in [0.2, 0.25) is 12.1 Å². The molecule has 0 radical (unpaired) electrons. The summed E-state index contributed by atoms with van der Waals surface area (Å²) in [4.78, 5) is 28.4. The minimum atomic E-state index is -1.22. The van der Waals surface area contributed by atoms with Gasteiger partial charge in [-0.15, -0.1) is 0 Å². The summed E-state index contributed by atoms with van der Waals surface area (Å²) in [6.07, 6.45) is 1.88. The van der Waals surface area contributed by atoms with Crippen molar-refractivity contribution in [3.8, 4) is 6.07 Å². The number of hydrogen-bond donors (Lipinski definition) is 3. The van der Waals surface area contributed by atoms with Crippen LogP contribution in [0.25, 0.3) is 0 Å². The number of benzodiazepines with no additional fused rings is 1. The summed E-state index contributed by atoms with van der Waals surface area (Å²) in [5.41, 5.74) is 9.30. The Morgan fingerprint density at radius 1 is 1.10 bits per heavy atom. The Labute approximate surface area is 233 Å².